The van der Waals surface area contributed by atoms with Crippen molar-refractivity contribution in [1.82, 2.24) is 9.80 Å². The van der Waals surface area contributed by atoms with Gasteiger partial charge in [0.15, 0.2) is 11.5 Å². The number of thiophene rings is 1. The monoisotopic (exact) mass is 456 g/mol. The molecule has 1 unspecified atom stereocenters. The summed E-state index contributed by atoms with van der Waals surface area (Å²) >= 11 is 1.60. The Morgan fingerprint density at radius 3 is 2.59 bits per heavy atom. The molecule has 2 heterocycles. The van der Waals surface area contributed by atoms with E-state index in [0.29, 0.717) is 24.7 Å². The van der Waals surface area contributed by atoms with E-state index in [1.165, 1.54) is 6.42 Å². The van der Waals surface area contributed by atoms with Gasteiger partial charge in [0.25, 0.3) is 5.91 Å². The van der Waals surface area contributed by atoms with Crippen molar-refractivity contribution >= 4 is 23.2 Å². The third-order valence-electron chi connectivity index (χ3n) is 6.34. The third-order valence-corrected chi connectivity index (χ3v) is 7.20. The van der Waals surface area contributed by atoms with Crippen molar-refractivity contribution in [3.8, 4) is 11.5 Å². The SMILES string of the molecule is CCCOc1ccc(C2C(=O)N(C3CCCCC3)CC(=O)N2Cc2cccs2)cc1OC. The van der Waals surface area contributed by atoms with E-state index in [2.05, 4.69) is 6.92 Å². The van der Waals surface area contributed by atoms with Crippen molar-refractivity contribution in [3.05, 3.63) is 46.2 Å². The van der Waals surface area contributed by atoms with Gasteiger partial charge in [-0.1, -0.05) is 38.3 Å². The average molecular weight is 457 g/mol. The molecular formula is C25H32N2O4S. The number of carbonyl (C=O) groups excluding carboxylic acids is 2. The van der Waals surface area contributed by atoms with Crippen molar-refractivity contribution < 1.29 is 19.1 Å². The minimum absolute atomic E-state index is 0.00106. The quantitative estimate of drug-likeness (QED) is 0.573. The standard InChI is InChI=1S/C25H32N2O4S/c1-3-13-31-21-12-11-18(15-22(21)30-2)24-25(29)26(19-8-5-4-6-9-19)17-23(28)27(24)16-20-10-7-14-32-20/h7,10-12,14-15,19,24H,3-6,8-9,13,16-17H2,1-2H3. The summed E-state index contributed by atoms with van der Waals surface area (Å²) in [5.74, 6) is 1.25. The highest BCUT2D eigenvalue weighted by molar-refractivity contribution is 7.09. The molecule has 172 valence electrons. The summed E-state index contributed by atoms with van der Waals surface area (Å²) in [6.45, 7) is 3.24. The lowest BCUT2D eigenvalue weighted by Crippen LogP contribution is -2.58. The van der Waals surface area contributed by atoms with E-state index in [-0.39, 0.29) is 24.4 Å². The van der Waals surface area contributed by atoms with Crippen LogP contribution in [0.25, 0.3) is 0 Å². The molecule has 0 N–H and O–H groups in total. The second-order valence-corrected chi connectivity index (χ2v) is 9.55. The molecule has 1 aliphatic carbocycles. The maximum absolute atomic E-state index is 13.8. The maximum Gasteiger partial charge on any atom is 0.250 e. The number of carbonyl (C=O) groups is 2. The number of nitrogens with zero attached hydrogens (tertiary/aromatic N) is 2. The Morgan fingerprint density at radius 1 is 1.09 bits per heavy atom. The Labute approximate surface area is 194 Å². The fourth-order valence-corrected chi connectivity index (χ4v) is 5.41. The molecule has 2 fully saturated rings. The van der Waals surface area contributed by atoms with Gasteiger partial charge < -0.3 is 19.3 Å². The molecule has 1 atom stereocenters. The minimum atomic E-state index is -0.658. The number of piperazine rings is 1. The molecule has 0 spiro atoms. The Balaban J connectivity index is 1.68. The van der Waals surface area contributed by atoms with Crippen molar-refractivity contribution in [2.24, 2.45) is 0 Å². The lowest BCUT2D eigenvalue weighted by Gasteiger charge is -2.44. The predicted octanol–water partition coefficient (Wildman–Crippen LogP) is 4.79. The first-order valence-corrected chi connectivity index (χ1v) is 12.4. The summed E-state index contributed by atoms with van der Waals surface area (Å²) in [5, 5.41) is 2.00. The highest BCUT2D eigenvalue weighted by Crippen LogP contribution is 2.37. The van der Waals surface area contributed by atoms with Gasteiger partial charge in [-0.2, -0.15) is 0 Å². The zero-order valence-electron chi connectivity index (χ0n) is 18.9. The lowest BCUT2D eigenvalue weighted by atomic mass is 9.91. The van der Waals surface area contributed by atoms with Crippen LogP contribution in [0.4, 0.5) is 0 Å². The summed E-state index contributed by atoms with van der Waals surface area (Å²) in [5.41, 5.74) is 0.765. The van der Waals surface area contributed by atoms with Crippen LogP contribution in [0, 0.1) is 0 Å². The van der Waals surface area contributed by atoms with Gasteiger partial charge in [0.2, 0.25) is 5.91 Å². The number of methoxy groups -OCH3 is 1. The molecule has 1 aromatic carbocycles. The molecule has 1 saturated carbocycles. The van der Waals surface area contributed by atoms with E-state index in [1.54, 1.807) is 23.3 Å². The normalized spacial score (nSPS) is 20.0. The van der Waals surface area contributed by atoms with E-state index in [0.717, 1.165) is 42.5 Å². The number of hydrogen-bond donors (Lipinski definition) is 0. The molecule has 0 radical (unpaired) electrons. The van der Waals surface area contributed by atoms with E-state index in [1.807, 2.05) is 40.6 Å². The third kappa shape index (κ3) is 4.77. The van der Waals surface area contributed by atoms with Crippen LogP contribution in [0.5, 0.6) is 11.5 Å². The maximum atomic E-state index is 13.8. The van der Waals surface area contributed by atoms with Gasteiger partial charge in [0, 0.05) is 10.9 Å². The molecule has 7 heteroatoms. The Morgan fingerprint density at radius 2 is 1.91 bits per heavy atom. The number of ether oxygens (including phenoxy) is 2. The molecule has 2 aliphatic rings. The van der Waals surface area contributed by atoms with Crippen molar-refractivity contribution in [1.29, 1.82) is 0 Å². The number of hydrogen-bond acceptors (Lipinski definition) is 5. The van der Waals surface area contributed by atoms with Gasteiger partial charge in [-0.3, -0.25) is 9.59 Å². The highest BCUT2D eigenvalue weighted by atomic mass is 32.1. The van der Waals surface area contributed by atoms with Crippen LogP contribution >= 0.6 is 11.3 Å². The summed E-state index contributed by atoms with van der Waals surface area (Å²) < 4.78 is 11.4. The molecule has 6 nitrogen and oxygen atoms in total. The van der Waals surface area contributed by atoms with E-state index in [4.69, 9.17) is 9.47 Å². The molecule has 2 amide bonds. The lowest BCUT2D eigenvalue weighted by molar-refractivity contribution is -0.159. The fraction of sp³-hybridized carbons (Fsp3) is 0.520. The van der Waals surface area contributed by atoms with Crippen LogP contribution in [-0.4, -0.2) is 47.9 Å². The molecule has 1 saturated heterocycles. The molecule has 4 rings (SSSR count). The van der Waals surface area contributed by atoms with Crippen molar-refractivity contribution in [3.63, 3.8) is 0 Å². The van der Waals surface area contributed by atoms with Gasteiger partial charge in [0.05, 0.1) is 20.3 Å². The van der Waals surface area contributed by atoms with Crippen molar-refractivity contribution in [2.75, 3.05) is 20.3 Å². The average Bonchev–Trinajstić information content (AvgIpc) is 3.34. The molecule has 1 aromatic heterocycles. The Kier molecular flexibility index (Phi) is 7.35. The van der Waals surface area contributed by atoms with Crippen LogP contribution in [0.2, 0.25) is 0 Å². The molecule has 2 aromatic rings. The zero-order chi connectivity index (χ0) is 22.5. The largest absolute Gasteiger partial charge is 0.493 e. The van der Waals surface area contributed by atoms with Gasteiger partial charge in [-0.15, -0.1) is 11.3 Å². The summed E-state index contributed by atoms with van der Waals surface area (Å²) in [6.07, 6.45) is 6.28. The van der Waals surface area contributed by atoms with Gasteiger partial charge in [0.1, 0.15) is 12.6 Å². The first kappa shape index (κ1) is 22.6. The van der Waals surface area contributed by atoms with Crippen LogP contribution in [0.15, 0.2) is 35.7 Å². The van der Waals surface area contributed by atoms with Gasteiger partial charge in [-0.05, 0) is 48.4 Å². The number of amides is 2. The Bertz CT molecular complexity index is 924. The zero-order valence-corrected chi connectivity index (χ0v) is 19.7. The van der Waals surface area contributed by atoms with Gasteiger partial charge >= 0.3 is 0 Å². The number of benzene rings is 1. The minimum Gasteiger partial charge on any atom is -0.493 e. The first-order chi connectivity index (χ1) is 15.6. The van der Waals surface area contributed by atoms with Crippen LogP contribution in [0.3, 0.4) is 0 Å². The predicted molar refractivity (Wildman–Crippen MR) is 125 cm³/mol. The number of rotatable bonds is 8. The summed E-state index contributed by atoms with van der Waals surface area (Å²) in [7, 11) is 1.60. The Hall–Kier alpha value is -2.54. The van der Waals surface area contributed by atoms with Crippen LogP contribution in [0.1, 0.15) is 61.9 Å². The van der Waals surface area contributed by atoms with Gasteiger partial charge in [-0.25, -0.2) is 0 Å². The second-order valence-electron chi connectivity index (χ2n) is 8.52. The molecular weight excluding hydrogens is 424 g/mol. The topological polar surface area (TPSA) is 59.1 Å². The highest BCUT2D eigenvalue weighted by Gasteiger charge is 2.43. The first-order valence-electron chi connectivity index (χ1n) is 11.6. The fourth-order valence-electron chi connectivity index (χ4n) is 4.71. The summed E-state index contributed by atoms with van der Waals surface area (Å²) in [4.78, 5) is 31.8. The van der Waals surface area contributed by atoms with Crippen molar-refractivity contribution in [2.45, 2.75) is 64.1 Å². The second kappa shape index (κ2) is 10.4. The molecule has 0 bridgehead atoms. The van der Waals surface area contributed by atoms with E-state index >= 15 is 0 Å². The van der Waals surface area contributed by atoms with Crippen LogP contribution in [-0.2, 0) is 16.1 Å². The van der Waals surface area contributed by atoms with E-state index < -0.39 is 6.04 Å². The molecule has 32 heavy (non-hydrogen) atoms. The van der Waals surface area contributed by atoms with E-state index in [9.17, 15) is 9.59 Å². The smallest absolute Gasteiger partial charge is 0.250 e. The van der Waals surface area contributed by atoms with Crippen LogP contribution < -0.4 is 9.47 Å². The summed E-state index contributed by atoms with van der Waals surface area (Å²) in [6, 6.07) is 9.08. The molecule has 1 aliphatic heterocycles.